The van der Waals surface area contributed by atoms with Gasteiger partial charge in [0.25, 0.3) is 11.8 Å². The summed E-state index contributed by atoms with van der Waals surface area (Å²) < 4.78 is 28.3. The van der Waals surface area contributed by atoms with Crippen LogP contribution in [0.5, 0.6) is 0 Å². The zero-order valence-corrected chi connectivity index (χ0v) is 23.1. The van der Waals surface area contributed by atoms with E-state index in [1.165, 1.54) is 4.52 Å². The van der Waals surface area contributed by atoms with Crippen molar-refractivity contribution in [3.8, 4) is 11.3 Å². The molecular weight excluding hydrogens is 522 g/mol. The topological polar surface area (TPSA) is 172 Å². The number of nitrogens with two attached hydrogens (primary N) is 1. The molecule has 39 heavy (non-hydrogen) atoms. The first-order valence-corrected chi connectivity index (χ1v) is 14.8. The number of amides is 2. The predicted molar refractivity (Wildman–Crippen MR) is 147 cm³/mol. The first-order valence-electron chi connectivity index (χ1n) is 12.9. The Kier molecular flexibility index (Phi) is 6.75. The lowest BCUT2D eigenvalue weighted by atomic mass is 10.0. The van der Waals surface area contributed by atoms with Gasteiger partial charge < -0.3 is 21.1 Å². The molecule has 3 heterocycles. The molecule has 13 heteroatoms. The molecule has 0 bridgehead atoms. The zero-order valence-electron chi connectivity index (χ0n) is 22.3. The van der Waals surface area contributed by atoms with E-state index in [0.717, 1.165) is 19.1 Å². The average molecular weight is 556 g/mol. The Balaban J connectivity index is 1.58. The van der Waals surface area contributed by atoms with E-state index in [-0.39, 0.29) is 47.2 Å². The van der Waals surface area contributed by atoms with Crippen LogP contribution in [0.4, 0.5) is 11.5 Å². The highest BCUT2D eigenvalue weighted by Gasteiger charge is 2.40. The van der Waals surface area contributed by atoms with Gasteiger partial charge in [-0.25, -0.2) is 17.9 Å². The highest BCUT2D eigenvalue weighted by Crippen LogP contribution is 2.41. The summed E-state index contributed by atoms with van der Waals surface area (Å²) >= 11 is 0. The molecular formula is C26H33N7O5S. The minimum atomic E-state index is -3.68. The van der Waals surface area contributed by atoms with Crippen LogP contribution < -0.4 is 15.8 Å². The third-order valence-corrected chi connectivity index (χ3v) is 8.07. The first kappa shape index (κ1) is 26.9. The number of rotatable bonds is 9. The number of fused-ring (bicyclic) bond motifs is 2. The fraction of sp³-hybridized carbons (Fsp3) is 0.462. The van der Waals surface area contributed by atoms with Gasteiger partial charge in [-0.1, -0.05) is 13.8 Å². The number of benzene rings is 1. The Hall–Kier alpha value is -3.71. The van der Waals surface area contributed by atoms with Crippen molar-refractivity contribution in [2.24, 2.45) is 11.8 Å². The third kappa shape index (κ3) is 5.15. The summed E-state index contributed by atoms with van der Waals surface area (Å²) in [5, 5.41) is 16.6. The van der Waals surface area contributed by atoms with Gasteiger partial charge in [0.05, 0.1) is 35.8 Å². The molecule has 2 unspecified atom stereocenters. The molecule has 208 valence electrons. The van der Waals surface area contributed by atoms with Crippen molar-refractivity contribution in [2.75, 3.05) is 23.3 Å². The van der Waals surface area contributed by atoms with Crippen molar-refractivity contribution in [3.05, 3.63) is 41.1 Å². The van der Waals surface area contributed by atoms with Gasteiger partial charge in [0.1, 0.15) is 5.56 Å². The Morgan fingerprint density at radius 1 is 1.26 bits per heavy atom. The van der Waals surface area contributed by atoms with Gasteiger partial charge in [0, 0.05) is 24.3 Å². The van der Waals surface area contributed by atoms with E-state index in [0.29, 0.717) is 34.8 Å². The number of carbonyl (C=O) groups excluding carboxylic acids is 2. The second-order valence-corrected chi connectivity index (χ2v) is 12.5. The second kappa shape index (κ2) is 9.79. The highest BCUT2D eigenvalue weighted by atomic mass is 32.2. The number of aliphatic hydroxyl groups is 1. The minimum Gasteiger partial charge on any atom is -0.394 e. The molecule has 1 fully saturated rings. The molecule has 0 saturated heterocycles. The molecule has 0 radical (unpaired) electrons. The average Bonchev–Trinajstić information content (AvgIpc) is 3.57. The van der Waals surface area contributed by atoms with E-state index in [9.17, 15) is 23.1 Å². The standard InChI is InChI=1S/C26H33N7O5S/c1-13(2)20(12-34)29-25(35)22-23(27)30-33-8-7-18(28-24(22)33)16-9-17-11-32(14(3)15-5-6-15)26(36)21(17)19(10-16)31-39(4,37)38/h7-10,13-15,20,31,34H,5-6,11-12H2,1-4H3,(H2,27,30)(H,29,35). The van der Waals surface area contributed by atoms with Crippen LogP contribution in [0, 0.1) is 11.8 Å². The van der Waals surface area contributed by atoms with Crippen molar-refractivity contribution < 1.29 is 23.1 Å². The fourth-order valence-electron chi connectivity index (χ4n) is 5.06. The second-order valence-electron chi connectivity index (χ2n) is 10.8. The number of hydrogen-bond donors (Lipinski definition) is 4. The molecule has 1 saturated carbocycles. The third-order valence-electron chi connectivity index (χ3n) is 7.48. The van der Waals surface area contributed by atoms with Gasteiger partial charge in [-0.05, 0) is 55.4 Å². The number of aliphatic hydroxyl groups excluding tert-OH is 1. The van der Waals surface area contributed by atoms with Gasteiger partial charge in [-0.15, -0.1) is 5.10 Å². The van der Waals surface area contributed by atoms with Crippen LogP contribution in [-0.2, 0) is 16.6 Å². The summed E-state index contributed by atoms with van der Waals surface area (Å²) in [5.41, 5.74) is 8.61. The van der Waals surface area contributed by atoms with Crippen molar-refractivity contribution in [3.63, 3.8) is 0 Å². The lowest BCUT2D eigenvalue weighted by Gasteiger charge is -2.24. The molecule has 5 N–H and O–H groups in total. The smallest absolute Gasteiger partial charge is 0.259 e. The lowest BCUT2D eigenvalue weighted by molar-refractivity contribution is 0.0698. The summed E-state index contributed by atoms with van der Waals surface area (Å²) in [6.07, 6.45) is 4.80. The molecule has 3 aromatic rings. The first-order chi connectivity index (χ1) is 18.4. The van der Waals surface area contributed by atoms with Crippen LogP contribution >= 0.6 is 0 Å². The van der Waals surface area contributed by atoms with E-state index >= 15 is 0 Å². The van der Waals surface area contributed by atoms with Gasteiger partial charge >= 0.3 is 0 Å². The van der Waals surface area contributed by atoms with E-state index in [1.54, 1.807) is 23.2 Å². The van der Waals surface area contributed by atoms with Crippen LogP contribution in [0.3, 0.4) is 0 Å². The summed E-state index contributed by atoms with van der Waals surface area (Å²) in [6, 6.07) is 4.67. The van der Waals surface area contributed by atoms with Gasteiger partial charge in [0.2, 0.25) is 10.0 Å². The van der Waals surface area contributed by atoms with Crippen LogP contribution in [0.1, 0.15) is 59.9 Å². The summed E-state index contributed by atoms with van der Waals surface area (Å²) in [6.45, 7) is 5.92. The molecule has 2 aromatic heterocycles. The number of aromatic nitrogens is 3. The van der Waals surface area contributed by atoms with Gasteiger partial charge in [-0.3, -0.25) is 14.3 Å². The SMILES string of the molecule is CC(C)C(CO)NC(=O)c1c(N)nn2ccc(-c3cc4c(c(NS(C)(=O)=O)c3)C(=O)N(C(C)C3CC3)C4)nc12. The molecule has 0 spiro atoms. The molecule has 2 aliphatic rings. The van der Waals surface area contributed by atoms with E-state index < -0.39 is 22.0 Å². The molecule has 1 aliphatic carbocycles. The number of anilines is 2. The Morgan fingerprint density at radius 3 is 2.59 bits per heavy atom. The van der Waals surface area contributed by atoms with Gasteiger partial charge in [0.15, 0.2) is 11.5 Å². The predicted octanol–water partition coefficient (Wildman–Crippen LogP) is 1.85. The quantitative estimate of drug-likeness (QED) is 0.310. The van der Waals surface area contributed by atoms with Crippen LogP contribution in [0.25, 0.3) is 16.9 Å². The number of nitrogens with zero attached hydrogens (tertiary/aromatic N) is 4. The summed E-state index contributed by atoms with van der Waals surface area (Å²) in [5.74, 6) is -0.278. The number of hydrogen-bond acceptors (Lipinski definition) is 8. The molecule has 2 atom stereocenters. The van der Waals surface area contributed by atoms with Crippen LogP contribution in [-0.4, -0.2) is 69.8 Å². The minimum absolute atomic E-state index is 0.0115. The Bertz CT molecular complexity index is 1580. The zero-order chi connectivity index (χ0) is 28.2. The molecule has 5 rings (SSSR count). The van der Waals surface area contributed by atoms with Crippen molar-refractivity contribution >= 4 is 39.0 Å². The highest BCUT2D eigenvalue weighted by molar-refractivity contribution is 7.92. The van der Waals surface area contributed by atoms with Crippen LogP contribution in [0.2, 0.25) is 0 Å². The molecule has 12 nitrogen and oxygen atoms in total. The van der Waals surface area contributed by atoms with E-state index in [4.69, 9.17) is 5.73 Å². The Morgan fingerprint density at radius 2 is 1.97 bits per heavy atom. The van der Waals surface area contributed by atoms with Crippen molar-refractivity contribution in [2.45, 2.75) is 52.2 Å². The number of sulfonamides is 1. The Labute approximate surface area is 226 Å². The van der Waals surface area contributed by atoms with Crippen molar-refractivity contribution in [1.29, 1.82) is 0 Å². The largest absolute Gasteiger partial charge is 0.394 e. The maximum absolute atomic E-state index is 13.4. The lowest BCUT2D eigenvalue weighted by Crippen LogP contribution is -2.41. The number of nitrogens with one attached hydrogen (secondary N) is 2. The number of carbonyl (C=O) groups is 2. The maximum atomic E-state index is 13.4. The van der Waals surface area contributed by atoms with Gasteiger partial charge in [-0.2, -0.15) is 0 Å². The monoisotopic (exact) mass is 555 g/mol. The van der Waals surface area contributed by atoms with Crippen molar-refractivity contribution in [1.82, 2.24) is 24.8 Å². The molecule has 2 amide bonds. The fourth-order valence-corrected chi connectivity index (χ4v) is 5.62. The summed E-state index contributed by atoms with van der Waals surface area (Å²) in [4.78, 5) is 32.9. The normalized spacial score (nSPS) is 17.0. The summed E-state index contributed by atoms with van der Waals surface area (Å²) in [7, 11) is -3.68. The maximum Gasteiger partial charge on any atom is 0.259 e. The number of nitrogen functional groups attached to an aromatic ring is 1. The van der Waals surface area contributed by atoms with E-state index in [2.05, 4.69) is 20.1 Å². The van der Waals surface area contributed by atoms with E-state index in [1.807, 2.05) is 26.8 Å². The molecule has 1 aromatic carbocycles. The molecule has 1 aliphatic heterocycles. The van der Waals surface area contributed by atoms with Crippen LogP contribution in [0.15, 0.2) is 24.4 Å².